The first-order valence-corrected chi connectivity index (χ1v) is 27.2. The first-order valence-electron chi connectivity index (χ1n) is 24.7. The van der Waals surface area contributed by atoms with E-state index in [0.717, 1.165) is 128 Å². The number of carbonyl (C=O) groups excluding carboxylic acids is 2. The third-order valence-corrected chi connectivity index (χ3v) is 12.6. The molecule has 0 rings (SSSR count). The van der Waals surface area contributed by atoms with Crippen molar-refractivity contribution in [2.75, 3.05) is 78.2 Å². The third-order valence-electron chi connectivity index (χ3n) is 10.2. The maximum atomic E-state index is 12.4. The van der Waals surface area contributed by atoms with Gasteiger partial charge in [0.15, 0.2) is 6.29 Å². The van der Waals surface area contributed by atoms with Crippen molar-refractivity contribution >= 4 is 33.5 Å². The lowest BCUT2D eigenvalue weighted by Crippen LogP contribution is -2.24. The average Bonchev–Trinajstić information content (AvgIpc) is 3.25. The van der Waals surface area contributed by atoms with E-state index < -0.39 is 0 Å². The number of carbonyl (C=O) groups is 2. The summed E-state index contributed by atoms with van der Waals surface area (Å²) in [6, 6.07) is 0. The average molecular weight is 895 g/mol. The molecule has 0 aliphatic heterocycles. The quantitative estimate of drug-likeness (QED) is 0.0194. The van der Waals surface area contributed by atoms with Gasteiger partial charge in [-0.05, 0) is 130 Å². The van der Waals surface area contributed by atoms with Crippen molar-refractivity contribution < 1.29 is 28.5 Å². The van der Waals surface area contributed by atoms with Crippen LogP contribution in [0.3, 0.4) is 0 Å². The summed E-state index contributed by atoms with van der Waals surface area (Å²) in [6.45, 7) is 12.8. The largest absolute Gasteiger partial charge is 0.466 e. The molecule has 61 heavy (non-hydrogen) atoms. The maximum Gasteiger partial charge on any atom is 0.305 e. The molecule has 0 fully saturated rings. The van der Waals surface area contributed by atoms with Gasteiger partial charge in [0.2, 0.25) is 0 Å². The summed E-state index contributed by atoms with van der Waals surface area (Å²) >= 11 is 0. The molecule has 0 aliphatic carbocycles. The van der Waals surface area contributed by atoms with Crippen LogP contribution < -0.4 is 0 Å². The Kier molecular flexibility index (Phi) is 48.2. The smallest absolute Gasteiger partial charge is 0.305 e. The number of esters is 2. The minimum atomic E-state index is -0.255. The molecule has 0 aliphatic rings. The minimum Gasteiger partial charge on any atom is -0.466 e. The Bertz CT molecular complexity index is 1050. The second-order valence-corrected chi connectivity index (χ2v) is 18.9. The van der Waals surface area contributed by atoms with Crippen LogP contribution in [-0.2, 0) is 28.5 Å². The number of unbranched alkanes of at least 4 members (excludes halogenated alkanes) is 12. The molecule has 0 radical (unpaired) electrons. The van der Waals surface area contributed by atoms with Gasteiger partial charge in [0, 0.05) is 63.7 Å². The van der Waals surface area contributed by atoms with Crippen molar-refractivity contribution in [2.24, 2.45) is 0 Å². The zero-order valence-corrected chi connectivity index (χ0v) is 41.7. The molecule has 8 nitrogen and oxygen atoms in total. The topological polar surface area (TPSA) is 77.5 Å². The van der Waals surface area contributed by atoms with E-state index in [2.05, 4.69) is 93.3 Å². The molecular weight excluding hydrogens is 801 g/mol. The lowest BCUT2D eigenvalue weighted by Gasteiger charge is -2.19. The Morgan fingerprint density at radius 3 is 1.43 bits per heavy atom. The van der Waals surface area contributed by atoms with E-state index in [1.807, 2.05) is 21.6 Å². The Morgan fingerprint density at radius 2 is 0.918 bits per heavy atom. The fourth-order valence-electron chi connectivity index (χ4n) is 6.35. The third kappa shape index (κ3) is 47.7. The van der Waals surface area contributed by atoms with Gasteiger partial charge in [0.1, 0.15) is 0 Å². The van der Waals surface area contributed by atoms with E-state index in [0.29, 0.717) is 52.1 Å². The number of hydrogen-bond donors (Lipinski definition) is 0. The molecule has 0 saturated carbocycles. The van der Waals surface area contributed by atoms with Crippen LogP contribution in [0.1, 0.15) is 181 Å². The Labute approximate surface area is 384 Å². The van der Waals surface area contributed by atoms with E-state index in [-0.39, 0.29) is 18.2 Å². The first kappa shape index (κ1) is 59.4. The lowest BCUT2D eigenvalue weighted by molar-refractivity contribution is -0.152. The van der Waals surface area contributed by atoms with Crippen LogP contribution in [-0.4, -0.2) is 106 Å². The van der Waals surface area contributed by atoms with Gasteiger partial charge >= 0.3 is 11.9 Å². The number of ether oxygens (including phenoxy) is 4. The summed E-state index contributed by atoms with van der Waals surface area (Å²) in [5.74, 6) is 1.95. The molecule has 0 bridgehead atoms. The molecule has 0 unspecified atom stereocenters. The van der Waals surface area contributed by atoms with Crippen molar-refractivity contribution in [3.8, 4) is 0 Å². The van der Waals surface area contributed by atoms with Crippen molar-refractivity contribution in [1.82, 2.24) is 9.80 Å². The van der Waals surface area contributed by atoms with E-state index in [9.17, 15) is 9.59 Å². The monoisotopic (exact) mass is 895 g/mol. The molecular formula is C51H94N2O6S2. The number of hydrogen-bond acceptors (Lipinski definition) is 10. The fraction of sp³-hybridized carbons (Fsp3) is 0.804. The molecule has 0 aromatic carbocycles. The van der Waals surface area contributed by atoms with Crippen LogP contribution in [0, 0.1) is 0 Å². The fourth-order valence-corrected chi connectivity index (χ4v) is 8.51. The van der Waals surface area contributed by atoms with Gasteiger partial charge in [-0.3, -0.25) is 9.59 Å². The minimum absolute atomic E-state index is 0.0487. The number of allylic oxidation sites excluding steroid dienone is 8. The molecule has 0 aromatic rings. The van der Waals surface area contributed by atoms with Gasteiger partial charge in [-0.2, -0.15) is 0 Å². The van der Waals surface area contributed by atoms with Crippen LogP contribution in [0.4, 0.5) is 0 Å². The van der Waals surface area contributed by atoms with Crippen molar-refractivity contribution in [2.45, 2.75) is 188 Å². The highest BCUT2D eigenvalue weighted by Crippen LogP contribution is 2.21. The zero-order valence-electron chi connectivity index (χ0n) is 40.1. The van der Waals surface area contributed by atoms with Crippen LogP contribution in [0.25, 0.3) is 0 Å². The van der Waals surface area contributed by atoms with E-state index in [1.165, 1.54) is 44.9 Å². The van der Waals surface area contributed by atoms with E-state index >= 15 is 0 Å². The van der Waals surface area contributed by atoms with Crippen molar-refractivity contribution in [1.29, 1.82) is 0 Å². The highest BCUT2D eigenvalue weighted by atomic mass is 33.1. The van der Waals surface area contributed by atoms with Gasteiger partial charge in [0.05, 0.1) is 13.2 Å². The van der Waals surface area contributed by atoms with Crippen LogP contribution in [0.2, 0.25) is 0 Å². The molecule has 356 valence electrons. The summed E-state index contributed by atoms with van der Waals surface area (Å²) in [6.07, 6.45) is 43.6. The lowest BCUT2D eigenvalue weighted by atomic mass is 10.1. The predicted octanol–water partition coefficient (Wildman–Crippen LogP) is 13.7. The maximum absolute atomic E-state index is 12.4. The highest BCUT2D eigenvalue weighted by molar-refractivity contribution is 8.76. The SMILES string of the molecule is CC/C=C\CCCCOC(CCCC(=O)OCCCN(C)CCSSCCN(C)CCCOC(=O)CCCCCCC/C=C\C/C=C\CCCCC)OCCCC/C=C\CC. The number of nitrogens with zero attached hydrogens (tertiary/aromatic N) is 2. The number of rotatable bonds is 47. The van der Waals surface area contributed by atoms with Gasteiger partial charge in [-0.1, -0.05) is 123 Å². The highest BCUT2D eigenvalue weighted by Gasteiger charge is 2.12. The molecule has 0 spiro atoms. The molecule has 0 atom stereocenters. The standard InChI is InChI=1S/C51H94N2O6S2/c1-6-9-12-15-18-19-20-21-22-23-24-25-26-27-30-36-49(54)56-45-34-39-52(4)41-47-60-61-48-42-53(5)40-35-46-57-50(55)37-33-38-51(58-43-31-28-16-13-10-7-2)59-44-32-29-17-14-11-8-3/h10-11,13-14,18-19,21-22,51H,6-9,12,15-17,20,23-48H2,1-5H3/b13-10-,14-11-,19-18-,22-21-. The van der Waals surface area contributed by atoms with Crippen molar-refractivity contribution in [3.05, 3.63) is 48.6 Å². The summed E-state index contributed by atoms with van der Waals surface area (Å²) in [5.41, 5.74) is 0. The van der Waals surface area contributed by atoms with Gasteiger partial charge in [0.25, 0.3) is 0 Å². The summed E-state index contributed by atoms with van der Waals surface area (Å²) in [5, 5.41) is 0. The molecule has 0 heterocycles. The van der Waals surface area contributed by atoms with E-state index in [1.54, 1.807) is 0 Å². The molecule has 10 heteroatoms. The summed E-state index contributed by atoms with van der Waals surface area (Å²) < 4.78 is 23.2. The summed E-state index contributed by atoms with van der Waals surface area (Å²) in [4.78, 5) is 29.2. The second-order valence-electron chi connectivity index (χ2n) is 16.2. The van der Waals surface area contributed by atoms with Crippen LogP contribution >= 0.6 is 21.6 Å². The predicted molar refractivity (Wildman–Crippen MR) is 267 cm³/mol. The second kappa shape index (κ2) is 49.5. The van der Waals surface area contributed by atoms with Crippen molar-refractivity contribution in [3.63, 3.8) is 0 Å². The van der Waals surface area contributed by atoms with Crippen LogP contribution in [0.15, 0.2) is 48.6 Å². The van der Waals surface area contributed by atoms with Gasteiger partial charge in [-0.25, -0.2) is 0 Å². The van der Waals surface area contributed by atoms with Crippen LogP contribution in [0.5, 0.6) is 0 Å². The molecule has 0 N–H and O–H groups in total. The normalized spacial score (nSPS) is 12.3. The Balaban J connectivity index is 3.79. The van der Waals surface area contributed by atoms with Gasteiger partial charge in [-0.15, -0.1) is 0 Å². The first-order chi connectivity index (χ1) is 29.9. The van der Waals surface area contributed by atoms with E-state index in [4.69, 9.17) is 18.9 Å². The zero-order chi connectivity index (χ0) is 44.5. The molecule has 0 amide bonds. The Morgan fingerprint density at radius 1 is 0.475 bits per heavy atom. The Hall–Kier alpha value is -1.56. The molecule has 0 saturated heterocycles. The molecule has 0 aromatic heterocycles. The summed E-state index contributed by atoms with van der Waals surface area (Å²) in [7, 11) is 8.10. The van der Waals surface area contributed by atoms with Gasteiger partial charge < -0.3 is 28.7 Å².